The molecule has 0 saturated carbocycles. The van der Waals surface area contributed by atoms with E-state index in [9.17, 15) is 0 Å². The van der Waals surface area contributed by atoms with E-state index in [4.69, 9.17) is 9.97 Å². The fraction of sp³-hybridized carbons (Fsp3) is 0.0159. The van der Waals surface area contributed by atoms with E-state index in [1.54, 1.807) is 0 Å². The van der Waals surface area contributed by atoms with Gasteiger partial charge in [-0.2, -0.15) is 0 Å². The Labute approximate surface area is 383 Å². The molecule has 0 spiro atoms. The van der Waals surface area contributed by atoms with Crippen LogP contribution < -0.4 is 0 Å². The molecule has 1 aliphatic carbocycles. The van der Waals surface area contributed by atoms with E-state index in [1.165, 1.54) is 66.1 Å². The van der Waals surface area contributed by atoms with Crippen LogP contribution in [0.1, 0.15) is 22.3 Å². The average Bonchev–Trinajstić information content (AvgIpc) is 3.90. The molecule has 0 bridgehead atoms. The zero-order chi connectivity index (χ0) is 43.6. The summed E-state index contributed by atoms with van der Waals surface area (Å²) < 4.78 is 2.37. The highest BCUT2D eigenvalue weighted by Gasteiger charge is 2.46. The molecule has 0 aliphatic heterocycles. The number of nitrogens with zero attached hydrogens (tertiary/aromatic N) is 3. The Balaban J connectivity index is 0.951. The normalized spacial score (nSPS) is 12.7. The summed E-state index contributed by atoms with van der Waals surface area (Å²) in [5.41, 5.74) is 17.8. The molecular formula is C63H41N3. The summed E-state index contributed by atoms with van der Waals surface area (Å²) in [6.45, 7) is 0. The third kappa shape index (κ3) is 5.84. The molecule has 0 unspecified atom stereocenters. The Morgan fingerprint density at radius 3 is 1.47 bits per heavy atom. The van der Waals surface area contributed by atoms with Crippen LogP contribution in [-0.4, -0.2) is 14.5 Å². The molecule has 0 atom stereocenters. The van der Waals surface area contributed by atoms with Gasteiger partial charge in [-0.25, -0.2) is 9.97 Å². The molecule has 0 N–H and O–H groups in total. The number of para-hydroxylation sites is 2. The van der Waals surface area contributed by atoms with Gasteiger partial charge in [0, 0.05) is 33.2 Å². The minimum absolute atomic E-state index is 0.467. The molecule has 13 rings (SSSR count). The maximum atomic E-state index is 5.34. The third-order valence-electron chi connectivity index (χ3n) is 13.7. The summed E-state index contributed by atoms with van der Waals surface area (Å²) >= 11 is 0. The Morgan fingerprint density at radius 2 is 0.803 bits per heavy atom. The molecular weight excluding hydrogens is 799 g/mol. The zero-order valence-corrected chi connectivity index (χ0v) is 36.0. The predicted molar refractivity (Wildman–Crippen MR) is 273 cm³/mol. The minimum Gasteiger partial charge on any atom is -0.309 e. The second-order valence-corrected chi connectivity index (χ2v) is 17.2. The first-order chi connectivity index (χ1) is 32.7. The van der Waals surface area contributed by atoms with Crippen molar-refractivity contribution in [1.29, 1.82) is 0 Å². The van der Waals surface area contributed by atoms with Crippen LogP contribution in [0.4, 0.5) is 0 Å². The summed E-state index contributed by atoms with van der Waals surface area (Å²) in [4.78, 5) is 10.7. The van der Waals surface area contributed by atoms with Gasteiger partial charge < -0.3 is 4.57 Å². The Morgan fingerprint density at radius 1 is 0.303 bits per heavy atom. The lowest BCUT2D eigenvalue weighted by Crippen LogP contribution is -2.28. The van der Waals surface area contributed by atoms with Crippen LogP contribution in [0.15, 0.2) is 249 Å². The van der Waals surface area contributed by atoms with Gasteiger partial charge in [0.2, 0.25) is 0 Å². The largest absolute Gasteiger partial charge is 0.309 e. The molecule has 2 aromatic heterocycles. The number of aromatic nitrogens is 3. The van der Waals surface area contributed by atoms with Gasteiger partial charge in [-0.05, 0) is 91.7 Å². The monoisotopic (exact) mass is 839 g/mol. The van der Waals surface area contributed by atoms with E-state index in [0.717, 1.165) is 44.7 Å². The van der Waals surface area contributed by atoms with Gasteiger partial charge in [0.1, 0.15) is 0 Å². The fourth-order valence-corrected chi connectivity index (χ4v) is 10.8. The molecule has 0 fully saturated rings. The van der Waals surface area contributed by atoms with Crippen molar-refractivity contribution in [3.63, 3.8) is 0 Å². The van der Waals surface area contributed by atoms with Crippen LogP contribution in [0.3, 0.4) is 0 Å². The van der Waals surface area contributed by atoms with Gasteiger partial charge in [-0.15, -0.1) is 0 Å². The molecule has 0 saturated heterocycles. The molecule has 12 aromatic rings. The second kappa shape index (κ2) is 15.3. The molecule has 3 nitrogen and oxygen atoms in total. The Kier molecular flexibility index (Phi) is 8.75. The van der Waals surface area contributed by atoms with Crippen molar-refractivity contribution >= 4 is 32.6 Å². The van der Waals surface area contributed by atoms with Gasteiger partial charge in [0.15, 0.2) is 5.82 Å². The van der Waals surface area contributed by atoms with Crippen molar-refractivity contribution in [3.05, 3.63) is 271 Å². The third-order valence-corrected chi connectivity index (χ3v) is 13.7. The Hall–Kier alpha value is -8.66. The highest BCUT2D eigenvalue weighted by Crippen LogP contribution is 2.56. The molecule has 3 heteroatoms. The smallest absolute Gasteiger partial charge is 0.160 e. The van der Waals surface area contributed by atoms with Crippen molar-refractivity contribution in [2.75, 3.05) is 0 Å². The van der Waals surface area contributed by atoms with E-state index in [2.05, 4.69) is 247 Å². The molecule has 0 radical (unpaired) electrons. The molecule has 2 heterocycles. The van der Waals surface area contributed by atoms with E-state index in [1.807, 2.05) is 6.07 Å². The Bertz CT molecular complexity index is 3700. The predicted octanol–water partition coefficient (Wildman–Crippen LogP) is 15.8. The van der Waals surface area contributed by atoms with Gasteiger partial charge in [-0.3, -0.25) is 0 Å². The maximum Gasteiger partial charge on any atom is 0.160 e. The van der Waals surface area contributed by atoms with Gasteiger partial charge in [0.25, 0.3) is 0 Å². The topological polar surface area (TPSA) is 30.7 Å². The lowest BCUT2D eigenvalue weighted by atomic mass is 9.67. The number of benzene rings is 10. The molecule has 1 aliphatic rings. The van der Waals surface area contributed by atoms with Crippen LogP contribution in [-0.2, 0) is 5.41 Å². The van der Waals surface area contributed by atoms with Crippen molar-refractivity contribution in [1.82, 2.24) is 14.5 Å². The quantitative estimate of drug-likeness (QED) is 0.160. The zero-order valence-electron chi connectivity index (χ0n) is 36.0. The molecule has 66 heavy (non-hydrogen) atoms. The summed E-state index contributed by atoms with van der Waals surface area (Å²) in [5.74, 6) is 0.695. The highest BCUT2D eigenvalue weighted by molar-refractivity contribution is 6.09. The fourth-order valence-electron chi connectivity index (χ4n) is 10.8. The van der Waals surface area contributed by atoms with Gasteiger partial charge in [0.05, 0.1) is 27.8 Å². The summed E-state index contributed by atoms with van der Waals surface area (Å²) in [6, 6.07) is 89.9. The highest BCUT2D eigenvalue weighted by atomic mass is 15.0. The van der Waals surface area contributed by atoms with Crippen molar-refractivity contribution in [3.8, 4) is 61.8 Å². The van der Waals surface area contributed by atoms with E-state index >= 15 is 0 Å². The van der Waals surface area contributed by atoms with Gasteiger partial charge in [-0.1, -0.05) is 212 Å². The van der Waals surface area contributed by atoms with Crippen LogP contribution in [0, 0.1) is 0 Å². The minimum atomic E-state index is -0.467. The first kappa shape index (κ1) is 37.9. The lowest BCUT2D eigenvalue weighted by Gasteiger charge is -2.33. The number of hydrogen-bond donors (Lipinski definition) is 0. The number of hydrogen-bond acceptors (Lipinski definition) is 2. The average molecular weight is 840 g/mol. The summed E-state index contributed by atoms with van der Waals surface area (Å²) in [6.07, 6.45) is 0. The first-order valence-corrected chi connectivity index (χ1v) is 22.7. The van der Waals surface area contributed by atoms with Crippen LogP contribution in [0.2, 0.25) is 0 Å². The van der Waals surface area contributed by atoms with Crippen LogP contribution in [0.25, 0.3) is 94.4 Å². The first-order valence-electron chi connectivity index (χ1n) is 22.7. The molecule has 0 amide bonds. The van der Waals surface area contributed by atoms with Crippen molar-refractivity contribution in [2.45, 2.75) is 5.41 Å². The van der Waals surface area contributed by atoms with E-state index in [-0.39, 0.29) is 0 Å². The number of rotatable bonds is 7. The van der Waals surface area contributed by atoms with Crippen molar-refractivity contribution in [2.24, 2.45) is 0 Å². The van der Waals surface area contributed by atoms with Crippen LogP contribution >= 0.6 is 0 Å². The standard InChI is InChI=1S/C63H41N3/c1-4-18-43(19-5-1)62-64-58(44-34-39-57-55(40-44)51-26-12-15-29-56(51)63(57,45-20-6-2-7-21-45)46-22-8-3-9-23-46)41-59(65-62)52-38-37-48(49-24-10-11-25-50(49)52)42-32-35-47(36-33-42)66-60-30-16-13-27-53(60)54-28-14-17-31-61(54)66/h1-41H. The van der Waals surface area contributed by atoms with E-state index < -0.39 is 5.41 Å². The second-order valence-electron chi connectivity index (χ2n) is 17.2. The molecule has 308 valence electrons. The summed E-state index contributed by atoms with van der Waals surface area (Å²) in [7, 11) is 0. The van der Waals surface area contributed by atoms with Crippen molar-refractivity contribution < 1.29 is 0 Å². The maximum absolute atomic E-state index is 5.34. The SMILES string of the molecule is c1ccc(-c2nc(-c3ccc4c(c3)-c3ccccc3C4(c3ccccc3)c3ccccc3)cc(-c3ccc(-c4ccc(-n5c6ccccc6c6ccccc65)cc4)c4ccccc34)n2)cc1. The number of fused-ring (bicyclic) bond motifs is 7. The summed E-state index contributed by atoms with van der Waals surface area (Å²) in [5, 5.41) is 4.84. The van der Waals surface area contributed by atoms with Crippen LogP contribution in [0.5, 0.6) is 0 Å². The van der Waals surface area contributed by atoms with Gasteiger partial charge >= 0.3 is 0 Å². The van der Waals surface area contributed by atoms with E-state index in [0.29, 0.717) is 5.82 Å². The molecule has 10 aromatic carbocycles. The lowest BCUT2D eigenvalue weighted by molar-refractivity contribution is 0.768.